The summed E-state index contributed by atoms with van der Waals surface area (Å²) < 4.78 is 0. The highest BCUT2D eigenvalue weighted by atomic mass is 16.1. The van der Waals surface area contributed by atoms with E-state index in [0.717, 1.165) is 12.8 Å². The van der Waals surface area contributed by atoms with E-state index in [4.69, 9.17) is 6.42 Å². The zero-order chi connectivity index (χ0) is 9.05. The summed E-state index contributed by atoms with van der Waals surface area (Å²) >= 11 is 0. The van der Waals surface area contributed by atoms with Crippen LogP contribution in [-0.2, 0) is 4.79 Å². The van der Waals surface area contributed by atoms with Crippen molar-refractivity contribution in [3.05, 3.63) is 0 Å². The monoisotopic (exact) mass is 174 g/mol. The van der Waals surface area contributed by atoms with Gasteiger partial charge in [0.25, 0.3) is 0 Å². The van der Waals surface area contributed by atoms with Gasteiger partial charge in [-0.3, -0.25) is 4.79 Å². The second-order valence-electron chi connectivity index (χ2n) is 4.92. The first-order valence-electron chi connectivity index (χ1n) is 5.25. The number of ketones is 1. The van der Waals surface area contributed by atoms with Gasteiger partial charge in [-0.05, 0) is 36.5 Å². The number of carbonyl (C=O) groups excluding carboxylic acids is 1. The summed E-state index contributed by atoms with van der Waals surface area (Å²) in [6.07, 6.45) is 10.8. The molecule has 0 saturated heterocycles. The lowest BCUT2D eigenvalue weighted by atomic mass is 9.85. The molecule has 3 aliphatic rings. The predicted molar refractivity (Wildman–Crippen MR) is 49.8 cm³/mol. The van der Waals surface area contributed by atoms with Crippen molar-refractivity contribution < 1.29 is 4.79 Å². The Balaban J connectivity index is 1.90. The number of terminal acetylenes is 1. The molecule has 0 aromatic heterocycles. The maximum Gasteiger partial charge on any atom is 0.136 e. The van der Waals surface area contributed by atoms with Gasteiger partial charge in [0.2, 0.25) is 0 Å². The van der Waals surface area contributed by atoms with Crippen molar-refractivity contribution in [3.8, 4) is 12.3 Å². The third kappa shape index (κ3) is 0.729. The summed E-state index contributed by atoms with van der Waals surface area (Å²) in [5.41, 5.74) is 0.420. The molecule has 0 bridgehead atoms. The molecule has 0 N–H and O–H groups in total. The number of hydrogen-bond donors (Lipinski definition) is 0. The average Bonchev–Trinajstić information content (AvgIpc) is 2.68. The average molecular weight is 174 g/mol. The summed E-state index contributed by atoms with van der Waals surface area (Å²) in [6, 6.07) is 0. The zero-order valence-electron chi connectivity index (χ0n) is 7.75. The number of rotatable bonds is 1. The minimum Gasteiger partial charge on any atom is -0.299 e. The van der Waals surface area contributed by atoms with Crippen LogP contribution in [-0.4, -0.2) is 5.78 Å². The Hall–Kier alpha value is -0.770. The van der Waals surface area contributed by atoms with Crippen molar-refractivity contribution in [2.45, 2.75) is 32.1 Å². The van der Waals surface area contributed by atoms with Crippen molar-refractivity contribution in [1.29, 1.82) is 0 Å². The van der Waals surface area contributed by atoms with Gasteiger partial charge in [0.05, 0.1) is 0 Å². The first kappa shape index (κ1) is 7.62. The van der Waals surface area contributed by atoms with E-state index in [0.29, 0.717) is 29.0 Å². The van der Waals surface area contributed by atoms with Gasteiger partial charge in [-0.25, -0.2) is 0 Å². The van der Waals surface area contributed by atoms with Crippen LogP contribution >= 0.6 is 0 Å². The van der Waals surface area contributed by atoms with E-state index in [2.05, 4.69) is 5.92 Å². The van der Waals surface area contributed by atoms with E-state index < -0.39 is 0 Å². The van der Waals surface area contributed by atoms with E-state index in [1.54, 1.807) is 0 Å². The molecule has 3 aliphatic carbocycles. The number of carbonyl (C=O) groups is 1. The lowest BCUT2D eigenvalue weighted by Gasteiger charge is -2.18. The van der Waals surface area contributed by atoms with Crippen LogP contribution in [0.4, 0.5) is 0 Å². The molecule has 0 radical (unpaired) electrons. The van der Waals surface area contributed by atoms with Gasteiger partial charge in [-0.1, -0.05) is 0 Å². The van der Waals surface area contributed by atoms with Crippen molar-refractivity contribution in [1.82, 2.24) is 0 Å². The first-order valence-corrected chi connectivity index (χ1v) is 5.25. The predicted octanol–water partition coefficient (Wildman–Crippen LogP) is 2.01. The molecule has 3 fully saturated rings. The minimum atomic E-state index is 0.420. The fraction of sp³-hybridized carbons (Fsp3) is 0.750. The standard InChI is InChI=1S/C12H14O/c1-2-3-8-4-5-9-6-11(13)10-7-12(8,9)10/h1,8-10H,3-7H2/t8-,9+,10+,12+/m1/s1. The van der Waals surface area contributed by atoms with Crippen molar-refractivity contribution in [2.24, 2.45) is 23.2 Å². The molecule has 1 heteroatoms. The third-order valence-electron chi connectivity index (χ3n) is 4.63. The van der Waals surface area contributed by atoms with Crippen molar-refractivity contribution in [2.75, 3.05) is 0 Å². The van der Waals surface area contributed by atoms with Crippen LogP contribution in [0.3, 0.4) is 0 Å². The van der Waals surface area contributed by atoms with Gasteiger partial charge >= 0.3 is 0 Å². The topological polar surface area (TPSA) is 17.1 Å². The van der Waals surface area contributed by atoms with E-state index >= 15 is 0 Å². The second kappa shape index (κ2) is 2.18. The Bertz CT molecular complexity index is 312. The number of hydrogen-bond acceptors (Lipinski definition) is 1. The van der Waals surface area contributed by atoms with Gasteiger partial charge in [-0.15, -0.1) is 12.3 Å². The molecular formula is C12H14O. The van der Waals surface area contributed by atoms with Crippen LogP contribution in [0.25, 0.3) is 0 Å². The minimum absolute atomic E-state index is 0.420. The van der Waals surface area contributed by atoms with Crippen LogP contribution < -0.4 is 0 Å². The highest BCUT2D eigenvalue weighted by Gasteiger charge is 2.71. The summed E-state index contributed by atoms with van der Waals surface area (Å²) in [7, 11) is 0. The van der Waals surface area contributed by atoms with E-state index in [9.17, 15) is 4.79 Å². The number of Topliss-reactive ketones (excluding diaryl/α,β-unsaturated/α-hetero) is 1. The lowest BCUT2D eigenvalue weighted by molar-refractivity contribution is -0.119. The molecule has 1 nitrogen and oxygen atoms in total. The Kier molecular flexibility index (Phi) is 1.28. The molecule has 4 atom stereocenters. The molecule has 1 spiro atoms. The Morgan fingerprint density at radius 3 is 3.08 bits per heavy atom. The van der Waals surface area contributed by atoms with Crippen LogP contribution in [0, 0.1) is 35.5 Å². The highest BCUT2D eigenvalue weighted by Crippen LogP contribution is 2.74. The van der Waals surface area contributed by atoms with E-state index in [1.165, 1.54) is 19.3 Å². The molecule has 0 aliphatic heterocycles. The molecule has 0 aromatic rings. The Morgan fingerprint density at radius 1 is 1.54 bits per heavy atom. The summed E-state index contributed by atoms with van der Waals surface area (Å²) in [4.78, 5) is 11.5. The molecule has 0 heterocycles. The molecule has 0 unspecified atom stereocenters. The Morgan fingerprint density at radius 2 is 2.38 bits per heavy atom. The molecule has 3 rings (SSSR count). The quantitative estimate of drug-likeness (QED) is 0.556. The molecular weight excluding hydrogens is 160 g/mol. The van der Waals surface area contributed by atoms with Crippen LogP contribution in [0.1, 0.15) is 32.1 Å². The largest absolute Gasteiger partial charge is 0.299 e. The maximum atomic E-state index is 11.5. The fourth-order valence-corrected chi connectivity index (χ4v) is 4.00. The van der Waals surface area contributed by atoms with Gasteiger partial charge in [0, 0.05) is 18.8 Å². The molecule has 13 heavy (non-hydrogen) atoms. The fourth-order valence-electron chi connectivity index (χ4n) is 4.00. The molecule has 68 valence electrons. The lowest BCUT2D eigenvalue weighted by Crippen LogP contribution is -2.13. The van der Waals surface area contributed by atoms with Gasteiger partial charge in [0.15, 0.2) is 0 Å². The second-order valence-corrected chi connectivity index (χ2v) is 4.92. The van der Waals surface area contributed by atoms with Crippen LogP contribution in [0.15, 0.2) is 0 Å². The normalized spacial score (nSPS) is 51.3. The van der Waals surface area contributed by atoms with Crippen molar-refractivity contribution >= 4 is 5.78 Å². The summed E-state index contributed by atoms with van der Waals surface area (Å²) in [6.45, 7) is 0. The highest BCUT2D eigenvalue weighted by molar-refractivity contribution is 5.88. The van der Waals surface area contributed by atoms with Crippen molar-refractivity contribution in [3.63, 3.8) is 0 Å². The van der Waals surface area contributed by atoms with Gasteiger partial charge in [-0.2, -0.15) is 0 Å². The first-order chi connectivity index (χ1) is 6.29. The Labute approximate surface area is 78.9 Å². The summed E-state index contributed by atoms with van der Waals surface area (Å²) in [5.74, 6) is 5.13. The zero-order valence-corrected chi connectivity index (χ0v) is 7.75. The summed E-state index contributed by atoms with van der Waals surface area (Å²) in [5, 5.41) is 0. The van der Waals surface area contributed by atoms with Crippen LogP contribution in [0.2, 0.25) is 0 Å². The smallest absolute Gasteiger partial charge is 0.136 e. The van der Waals surface area contributed by atoms with E-state index in [1.807, 2.05) is 0 Å². The van der Waals surface area contributed by atoms with Gasteiger partial charge < -0.3 is 0 Å². The van der Waals surface area contributed by atoms with Gasteiger partial charge in [0.1, 0.15) is 5.78 Å². The SMILES string of the molecule is C#CC[C@@H]1CC[C@H]2CC(=O)[C@@H]3C[C@]123. The molecule has 0 amide bonds. The van der Waals surface area contributed by atoms with E-state index in [-0.39, 0.29) is 0 Å². The maximum absolute atomic E-state index is 11.5. The third-order valence-corrected chi connectivity index (χ3v) is 4.63. The molecule has 0 aromatic carbocycles. The molecule has 3 saturated carbocycles. The van der Waals surface area contributed by atoms with Crippen LogP contribution in [0.5, 0.6) is 0 Å².